The zero-order chi connectivity index (χ0) is 28.9. The van der Waals surface area contributed by atoms with E-state index in [2.05, 4.69) is 22.1 Å². The molecule has 9 nitrogen and oxygen atoms in total. The van der Waals surface area contributed by atoms with Gasteiger partial charge in [-0.05, 0) is 17.2 Å². The number of nitriles is 1. The highest BCUT2D eigenvalue weighted by Gasteiger charge is 2.34. The summed E-state index contributed by atoms with van der Waals surface area (Å²) in [6.07, 6.45) is 8.68. The van der Waals surface area contributed by atoms with E-state index in [9.17, 15) is 22.8 Å². The van der Waals surface area contributed by atoms with Gasteiger partial charge in [0.25, 0.3) is 0 Å². The van der Waals surface area contributed by atoms with E-state index < -0.39 is 23.4 Å². The van der Waals surface area contributed by atoms with E-state index >= 15 is 0 Å². The first kappa shape index (κ1) is 27.6. The molecule has 2 saturated heterocycles. The lowest BCUT2D eigenvalue weighted by Gasteiger charge is -2.18. The maximum atomic E-state index is 13.9. The van der Waals surface area contributed by atoms with Crippen molar-refractivity contribution in [3.05, 3.63) is 108 Å². The first-order chi connectivity index (χ1) is 19.8. The Hall–Kier alpha value is -4.92. The number of imidazole rings is 2. The van der Waals surface area contributed by atoms with Gasteiger partial charge in [-0.1, -0.05) is 30.3 Å². The van der Waals surface area contributed by atoms with Crippen LogP contribution in [0.5, 0.6) is 0 Å². The molecule has 0 aliphatic carbocycles. The normalized spacial score (nSPS) is 18.4. The van der Waals surface area contributed by atoms with Crippen LogP contribution < -0.4 is 0 Å². The minimum absolute atomic E-state index is 0.0452. The zero-order valence-electron chi connectivity index (χ0n) is 21.9. The summed E-state index contributed by atoms with van der Waals surface area (Å²) in [7, 11) is 0. The molecular formula is C29H26F3N7O2. The molecule has 2 amide bonds. The van der Waals surface area contributed by atoms with E-state index in [-0.39, 0.29) is 42.7 Å². The lowest BCUT2D eigenvalue weighted by Crippen LogP contribution is -2.28. The number of likely N-dealkylation sites (tertiary alicyclic amines) is 2. The highest BCUT2D eigenvalue weighted by Crippen LogP contribution is 2.32. The van der Waals surface area contributed by atoms with Gasteiger partial charge in [0.05, 0.1) is 32.2 Å². The molecule has 210 valence electrons. The van der Waals surface area contributed by atoms with Crippen LogP contribution in [0.25, 0.3) is 0 Å². The quantitative estimate of drug-likeness (QED) is 0.332. The Balaban J connectivity index is 0.000000169. The largest absolute Gasteiger partial charge is 0.324 e. The van der Waals surface area contributed by atoms with Gasteiger partial charge in [0.2, 0.25) is 11.8 Å². The number of hydrogen-bond acceptors (Lipinski definition) is 5. The number of carbonyl (C=O) groups is 2. The number of carbonyl (C=O) groups excluding carboxylic acids is 2. The molecule has 2 atom stereocenters. The van der Waals surface area contributed by atoms with Crippen molar-refractivity contribution in [1.82, 2.24) is 28.9 Å². The molecule has 2 aromatic heterocycles. The second kappa shape index (κ2) is 12.1. The molecule has 0 spiro atoms. The van der Waals surface area contributed by atoms with Gasteiger partial charge in [0, 0.05) is 56.2 Å². The zero-order valence-corrected chi connectivity index (χ0v) is 21.9. The Morgan fingerprint density at radius 1 is 0.902 bits per heavy atom. The number of rotatable bonds is 6. The van der Waals surface area contributed by atoms with Crippen LogP contribution in [0.1, 0.15) is 41.5 Å². The molecule has 2 aliphatic heterocycles. The minimum Gasteiger partial charge on any atom is -0.324 e. The van der Waals surface area contributed by atoms with E-state index in [0.29, 0.717) is 25.1 Å². The molecule has 12 heteroatoms. The van der Waals surface area contributed by atoms with Crippen LogP contribution in [0.15, 0.2) is 73.7 Å². The summed E-state index contributed by atoms with van der Waals surface area (Å²) >= 11 is 0. The van der Waals surface area contributed by atoms with E-state index in [0.717, 1.165) is 12.6 Å². The monoisotopic (exact) mass is 561 g/mol. The van der Waals surface area contributed by atoms with Gasteiger partial charge in [0.1, 0.15) is 17.6 Å². The molecule has 0 N–H and O–H groups in total. The molecule has 4 aromatic rings. The fourth-order valence-electron chi connectivity index (χ4n) is 5.13. The second-order valence-corrected chi connectivity index (χ2v) is 9.96. The third-order valence-corrected chi connectivity index (χ3v) is 7.20. The summed E-state index contributed by atoms with van der Waals surface area (Å²) in [5.41, 5.74) is 1.38. The molecule has 2 aromatic carbocycles. The average molecular weight is 562 g/mol. The number of halogens is 3. The molecule has 0 radical (unpaired) electrons. The Labute approximate surface area is 234 Å². The van der Waals surface area contributed by atoms with Crippen molar-refractivity contribution >= 4 is 11.8 Å². The topological polar surface area (TPSA) is 100 Å². The van der Waals surface area contributed by atoms with Gasteiger partial charge in [-0.15, -0.1) is 0 Å². The first-order valence-electron chi connectivity index (χ1n) is 12.9. The van der Waals surface area contributed by atoms with Crippen LogP contribution in [0, 0.1) is 28.8 Å². The van der Waals surface area contributed by atoms with Crippen LogP contribution in [0.3, 0.4) is 0 Å². The van der Waals surface area contributed by atoms with Crippen LogP contribution >= 0.6 is 0 Å². The third kappa shape index (κ3) is 6.30. The minimum atomic E-state index is -1.27. The number of aromatic nitrogens is 4. The van der Waals surface area contributed by atoms with Crippen molar-refractivity contribution in [2.24, 2.45) is 0 Å². The van der Waals surface area contributed by atoms with Gasteiger partial charge in [0.15, 0.2) is 11.6 Å². The van der Waals surface area contributed by atoms with Gasteiger partial charge in [-0.3, -0.25) is 9.59 Å². The lowest BCUT2D eigenvalue weighted by atomic mass is 9.97. The molecule has 4 heterocycles. The van der Waals surface area contributed by atoms with Crippen molar-refractivity contribution in [2.75, 3.05) is 13.1 Å². The fourth-order valence-corrected chi connectivity index (χ4v) is 5.13. The van der Waals surface area contributed by atoms with Crippen molar-refractivity contribution in [3.8, 4) is 6.07 Å². The summed E-state index contributed by atoms with van der Waals surface area (Å²) in [5, 5.41) is 8.93. The molecular weight excluding hydrogens is 535 g/mol. The van der Waals surface area contributed by atoms with Gasteiger partial charge in [-0.25, -0.2) is 23.1 Å². The average Bonchev–Trinajstić information content (AvgIpc) is 3.77. The van der Waals surface area contributed by atoms with Crippen molar-refractivity contribution in [1.29, 1.82) is 5.26 Å². The van der Waals surface area contributed by atoms with E-state index in [1.165, 1.54) is 27.6 Å². The maximum Gasteiger partial charge on any atom is 0.224 e. The van der Waals surface area contributed by atoms with Crippen molar-refractivity contribution in [2.45, 2.75) is 38.0 Å². The summed E-state index contributed by atoms with van der Waals surface area (Å²) < 4.78 is 43.9. The van der Waals surface area contributed by atoms with Gasteiger partial charge in [-0.2, -0.15) is 5.26 Å². The highest BCUT2D eigenvalue weighted by atomic mass is 19.2. The number of hydrogen-bond donors (Lipinski definition) is 0. The Morgan fingerprint density at radius 2 is 1.61 bits per heavy atom. The van der Waals surface area contributed by atoms with Crippen LogP contribution in [-0.4, -0.2) is 53.8 Å². The second-order valence-electron chi connectivity index (χ2n) is 9.96. The molecule has 2 aliphatic rings. The van der Waals surface area contributed by atoms with Gasteiger partial charge < -0.3 is 18.9 Å². The fraction of sp³-hybridized carbons (Fsp3) is 0.276. The van der Waals surface area contributed by atoms with Crippen LogP contribution in [-0.2, 0) is 22.9 Å². The van der Waals surface area contributed by atoms with E-state index in [1.807, 2.05) is 39.9 Å². The predicted octanol–water partition coefficient (Wildman–Crippen LogP) is 4.00. The number of nitrogens with zero attached hydrogens (tertiary/aromatic N) is 7. The summed E-state index contributed by atoms with van der Waals surface area (Å²) in [4.78, 5) is 35.1. The predicted molar refractivity (Wildman–Crippen MR) is 140 cm³/mol. The smallest absolute Gasteiger partial charge is 0.224 e. The molecule has 41 heavy (non-hydrogen) atoms. The molecule has 0 bridgehead atoms. The summed E-state index contributed by atoms with van der Waals surface area (Å²) in [6.45, 7) is 1.59. The summed E-state index contributed by atoms with van der Waals surface area (Å²) in [6, 6.07) is 13.6. The standard InChI is InChI=1S/C15H11F3N4O.C14H15N3O/c16-10-2-12(15(18)13(17)3-10)9-1-14(23)21(6-9)8-22-7-20-5-11(22)4-19;18-14-8-13(12-4-2-1-3-5-12)9-17(14)11-16-7-6-15-10-16/h2-3,5,7,9H,1,6,8H2;1-7,10,13H,8-9,11H2. The molecule has 6 rings (SSSR count). The summed E-state index contributed by atoms with van der Waals surface area (Å²) in [5.74, 6) is -3.66. The Morgan fingerprint density at radius 3 is 2.32 bits per heavy atom. The highest BCUT2D eigenvalue weighted by molar-refractivity contribution is 5.80. The number of amides is 2. The van der Waals surface area contributed by atoms with Crippen molar-refractivity contribution < 1.29 is 22.8 Å². The Bertz CT molecular complexity index is 1570. The van der Waals surface area contributed by atoms with Crippen molar-refractivity contribution in [3.63, 3.8) is 0 Å². The van der Waals surface area contributed by atoms with Gasteiger partial charge >= 0.3 is 0 Å². The third-order valence-electron chi connectivity index (χ3n) is 7.20. The van der Waals surface area contributed by atoms with E-state index in [1.54, 1.807) is 12.5 Å². The molecule has 2 fully saturated rings. The first-order valence-corrected chi connectivity index (χ1v) is 12.9. The van der Waals surface area contributed by atoms with E-state index in [4.69, 9.17) is 5.26 Å². The SMILES string of the molecule is N#Cc1cncn1CN1CC(c2cc(F)cc(F)c2F)CC1=O.O=C1CC(c2ccccc2)CN1Cn1ccnc1. The van der Waals surface area contributed by atoms with Crippen LogP contribution in [0.2, 0.25) is 0 Å². The van der Waals surface area contributed by atoms with Crippen LogP contribution in [0.4, 0.5) is 13.2 Å². The Kier molecular flexibility index (Phi) is 8.14. The molecule has 2 unspecified atom stereocenters. The maximum absolute atomic E-state index is 13.9. The number of benzene rings is 2. The molecule has 0 saturated carbocycles. The lowest BCUT2D eigenvalue weighted by molar-refractivity contribution is -0.129.